The quantitative estimate of drug-likeness (QED) is 0.108. The van der Waals surface area contributed by atoms with Gasteiger partial charge in [-0.15, -0.1) is 22.7 Å². The molecule has 6 rings (SSSR count). The number of carbonyl (C=O) groups is 1. The normalized spacial score (nSPS) is 11.3. The predicted molar refractivity (Wildman–Crippen MR) is 163 cm³/mol. The monoisotopic (exact) mass is 567 g/mol. The summed E-state index contributed by atoms with van der Waals surface area (Å²) >= 11 is 4.48. The van der Waals surface area contributed by atoms with Gasteiger partial charge in [0.15, 0.2) is 10.9 Å². The fourth-order valence-electron chi connectivity index (χ4n) is 4.80. The van der Waals surface area contributed by atoms with Crippen LogP contribution in [0.1, 0.15) is 26.6 Å². The summed E-state index contributed by atoms with van der Waals surface area (Å²) in [6.07, 6.45) is 0. The second-order valence-corrected chi connectivity index (χ2v) is 12.1. The molecule has 2 aromatic carbocycles. The van der Waals surface area contributed by atoms with Gasteiger partial charge in [0, 0.05) is 32.8 Å². The van der Waals surface area contributed by atoms with E-state index in [2.05, 4.69) is 16.0 Å². The lowest BCUT2D eigenvalue weighted by Gasteiger charge is -2.12. The average molecular weight is 568 g/mol. The molecular weight excluding hydrogens is 543 g/mol. The fourth-order valence-corrected chi connectivity index (χ4v) is 7.37. The van der Waals surface area contributed by atoms with E-state index in [1.807, 2.05) is 92.0 Å². The molecule has 5 nitrogen and oxygen atoms in total. The zero-order valence-electron chi connectivity index (χ0n) is 21.5. The Morgan fingerprint density at radius 1 is 0.949 bits per heavy atom. The van der Waals surface area contributed by atoms with E-state index in [-0.39, 0.29) is 17.1 Å². The van der Waals surface area contributed by atoms with Gasteiger partial charge in [-0.25, -0.2) is 4.98 Å². The third-order valence-electron chi connectivity index (χ3n) is 6.78. The lowest BCUT2D eigenvalue weighted by molar-refractivity contribution is 0.102. The van der Waals surface area contributed by atoms with Crippen LogP contribution in [0.2, 0.25) is 0 Å². The number of Topliss-reactive ketones (excluding diaryl/α,β-unsaturated/α-hetero) is 1. The smallest absolute Gasteiger partial charge is 0.268 e. The van der Waals surface area contributed by atoms with Gasteiger partial charge in [-0.05, 0) is 49.1 Å². The summed E-state index contributed by atoms with van der Waals surface area (Å²) in [7, 11) is 0. The van der Waals surface area contributed by atoms with Gasteiger partial charge in [-0.3, -0.25) is 14.2 Å². The number of hydrogen-bond acceptors (Lipinski definition) is 6. The fraction of sp³-hybridized carbons (Fsp3) is 0.129. The third-order valence-corrected chi connectivity index (χ3v) is 9.45. The highest BCUT2D eigenvalue weighted by atomic mass is 32.2. The van der Waals surface area contributed by atoms with Crippen LogP contribution >= 0.6 is 34.4 Å². The first-order valence-electron chi connectivity index (χ1n) is 12.5. The third kappa shape index (κ3) is 4.91. The Hall–Kier alpha value is -3.72. The molecule has 6 aromatic rings. The maximum Gasteiger partial charge on any atom is 0.268 e. The minimum atomic E-state index is -0.129. The summed E-state index contributed by atoms with van der Waals surface area (Å²) < 4.78 is 3.82. The highest BCUT2D eigenvalue weighted by Gasteiger charge is 2.21. The van der Waals surface area contributed by atoms with Crippen molar-refractivity contribution in [3.63, 3.8) is 0 Å². The number of nitrogens with zero attached hydrogens (tertiary/aromatic N) is 3. The highest BCUT2D eigenvalue weighted by Crippen LogP contribution is 2.33. The molecule has 0 unspecified atom stereocenters. The molecule has 0 aliphatic rings. The van der Waals surface area contributed by atoms with Crippen LogP contribution in [0.5, 0.6) is 0 Å². The van der Waals surface area contributed by atoms with Crippen molar-refractivity contribution in [3.8, 4) is 16.8 Å². The second-order valence-electron chi connectivity index (χ2n) is 9.23. The van der Waals surface area contributed by atoms with Crippen molar-refractivity contribution in [1.82, 2.24) is 14.1 Å². The molecule has 4 heterocycles. The Kier molecular flexibility index (Phi) is 7.08. The molecule has 0 saturated heterocycles. The minimum absolute atomic E-state index is 0.0237. The Labute approximate surface area is 238 Å². The van der Waals surface area contributed by atoms with Gasteiger partial charge in [0.25, 0.3) is 5.56 Å². The van der Waals surface area contributed by atoms with Crippen molar-refractivity contribution in [2.75, 3.05) is 5.75 Å². The van der Waals surface area contributed by atoms with Crippen molar-refractivity contribution in [3.05, 3.63) is 122 Å². The van der Waals surface area contributed by atoms with E-state index in [1.165, 1.54) is 28.0 Å². The van der Waals surface area contributed by atoms with Crippen LogP contribution in [-0.4, -0.2) is 25.7 Å². The van der Waals surface area contributed by atoms with Crippen LogP contribution in [0.4, 0.5) is 0 Å². The SMILES string of the molecule is Cc1cc(C(=O)CSc2nc3scc(-c4ccccc4)c3c(=O)n2-c2ccccc2)c(C)n1Cc1cccs1. The number of thiophene rings is 2. The van der Waals surface area contributed by atoms with Gasteiger partial charge in [0.1, 0.15) is 4.83 Å². The maximum absolute atomic E-state index is 14.0. The molecule has 0 amide bonds. The molecule has 0 aliphatic heterocycles. The lowest BCUT2D eigenvalue weighted by Crippen LogP contribution is -2.22. The first-order chi connectivity index (χ1) is 19.0. The number of aryl methyl sites for hydroxylation is 1. The summed E-state index contributed by atoms with van der Waals surface area (Å²) in [6.45, 7) is 4.79. The molecule has 4 aromatic heterocycles. The topological polar surface area (TPSA) is 56.9 Å². The molecule has 0 saturated carbocycles. The standard InChI is InChI=1S/C31H25N3O2S3/c1-20-16-25(21(2)33(20)17-24-14-9-15-37-24)27(35)19-39-31-32-29-28(26(18-38-29)22-10-5-3-6-11-22)30(36)34(31)23-12-7-4-8-13-23/h3-16,18H,17,19H2,1-2H3. The summed E-state index contributed by atoms with van der Waals surface area (Å²) in [5, 5.41) is 5.17. The first-order valence-corrected chi connectivity index (χ1v) is 15.3. The minimum Gasteiger partial charge on any atom is -0.343 e. The summed E-state index contributed by atoms with van der Waals surface area (Å²) in [4.78, 5) is 34.3. The van der Waals surface area contributed by atoms with Crippen molar-refractivity contribution < 1.29 is 4.79 Å². The van der Waals surface area contributed by atoms with Crippen molar-refractivity contribution in [2.45, 2.75) is 25.5 Å². The van der Waals surface area contributed by atoms with Gasteiger partial charge in [-0.2, -0.15) is 0 Å². The number of thioether (sulfide) groups is 1. The van der Waals surface area contributed by atoms with E-state index in [4.69, 9.17) is 4.98 Å². The maximum atomic E-state index is 14.0. The van der Waals surface area contributed by atoms with Gasteiger partial charge in [-0.1, -0.05) is 66.4 Å². The Morgan fingerprint density at radius 3 is 2.41 bits per heavy atom. The molecular formula is C31H25N3O2S3. The number of hydrogen-bond donors (Lipinski definition) is 0. The Bertz CT molecular complexity index is 1830. The summed E-state index contributed by atoms with van der Waals surface area (Å²) in [5.74, 6) is 0.209. The molecule has 39 heavy (non-hydrogen) atoms. The van der Waals surface area contributed by atoms with Crippen molar-refractivity contribution in [2.24, 2.45) is 0 Å². The molecule has 8 heteroatoms. The second kappa shape index (κ2) is 10.8. The van der Waals surface area contributed by atoms with E-state index >= 15 is 0 Å². The molecule has 0 aliphatic carbocycles. The molecule has 194 valence electrons. The van der Waals surface area contributed by atoms with Gasteiger partial charge in [0.05, 0.1) is 23.4 Å². The van der Waals surface area contributed by atoms with Crippen LogP contribution in [0.15, 0.2) is 99.6 Å². The van der Waals surface area contributed by atoms with Crippen LogP contribution in [0, 0.1) is 13.8 Å². The van der Waals surface area contributed by atoms with Gasteiger partial charge in [0.2, 0.25) is 0 Å². The summed E-state index contributed by atoms with van der Waals surface area (Å²) in [6, 6.07) is 25.5. The van der Waals surface area contributed by atoms with Crippen LogP contribution in [-0.2, 0) is 6.54 Å². The lowest BCUT2D eigenvalue weighted by atomic mass is 10.1. The Morgan fingerprint density at radius 2 is 1.69 bits per heavy atom. The van der Waals surface area contributed by atoms with E-state index in [1.54, 1.807) is 15.9 Å². The number of aromatic nitrogens is 3. The van der Waals surface area contributed by atoms with Crippen molar-refractivity contribution in [1.29, 1.82) is 0 Å². The molecule has 0 radical (unpaired) electrons. The van der Waals surface area contributed by atoms with E-state index in [0.717, 1.165) is 34.7 Å². The van der Waals surface area contributed by atoms with Crippen molar-refractivity contribution >= 4 is 50.4 Å². The average Bonchev–Trinajstić information content (AvgIpc) is 3.69. The largest absolute Gasteiger partial charge is 0.343 e. The number of ketones is 1. The van der Waals surface area contributed by atoms with E-state index in [0.29, 0.717) is 20.9 Å². The summed E-state index contributed by atoms with van der Waals surface area (Å²) in [5.41, 5.74) is 5.19. The molecule has 0 bridgehead atoms. The predicted octanol–water partition coefficient (Wildman–Crippen LogP) is 7.62. The zero-order valence-corrected chi connectivity index (χ0v) is 23.9. The van der Waals surface area contributed by atoms with Crippen LogP contribution < -0.4 is 5.56 Å². The number of benzene rings is 2. The van der Waals surface area contributed by atoms with Crippen LogP contribution in [0.25, 0.3) is 27.0 Å². The molecule has 0 atom stereocenters. The number of para-hydroxylation sites is 1. The molecule has 0 spiro atoms. The van der Waals surface area contributed by atoms with Crippen LogP contribution in [0.3, 0.4) is 0 Å². The number of rotatable bonds is 8. The van der Waals surface area contributed by atoms with Gasteiger partial charge >= 0.3 is 0 Å². The molecule has 0 fully saturated rings. The highest BCUT2D eigenvalue weighted by molar-refractivity contribution is 7.99. The molecule has 0 N–H and O–H groups in total. The number of fused-ring (bicyclic) bond motifs is 1. The zero-order chi connectivity index (χ0) is 26.9. The first kappa shape index (κ1) is 25.6. The van der Waals surface area contributed by atoms with E-state index < -0.39 is 0 Å². The number of carbonyl (C=O) groups excluding carboxylic acids is 1. The van der Waals surface area contributed by atoms with E-state index in [9.17, 15) is 9.59 Å². The van der Waals surface area contributed by atoms with Gasteiger partial charge < -0.3 is 4.57 Å². The Balaban J connectivity index is 1.36.